The van der Waals surface area contributed by atoms with Crippen molar-refractivity contribution in [1.29, 1.82) is 0 Å². The van der Waals surface area contributed by atoms with Gasteiger partial charge in [-0.1, -0.05) is 48.2 Å². The molecular weight excluding hydrogens is 426 g/mol. The quantitative estimate of drug-likeness (QED) is 0.272. The molecule has 2 aromatic carbocycles. The molecule has 7 nitrogen and oxygen atoms in total. The van der Waals surface area contributed by atoms with E-state index in [9.17, 15) is 4.79 Å². The number of ether oxygens (including phenoxy) is 2. The highest BCUT2D eigenvalue weighted by atomic mass is 32.2. The molecule has 0 atom stereocenters. The molecule has 0 aliphatic carbocycles. The molecule has 0 aliphatic heterocycles. The third-order valence-corrected chi connectivity index (χ3v) is 5.83. The number of carbonyl (C=O) groups is 1. The van der Waals surface area contributed by atoms with Gasteiger partial charge in [0.15, 0.2) is 11.0 Å². The van der Waals surface area contributed by atoms with Gasteiger partial charge in [0.25, 0.3) is 0 Å². The number of aryl methyl sites for hydroxylation is 2. The Morgan fingerprint density at radius 3 is 2.56 bits per heavy atom. The van der Waals surface area contributed by atoms with Crippen LogP contribution in [0.2, 0.25) is 0 Å². The summed E-state index contributed by atoms with van der Waals surface area (Å²) in [6.45, 7) is 4.03. The topological polar surface area (TPSA) is 79.4 Å². The molecule has 0 amide bonds. The molecule has 0 spiro atoms. The molecule has 0 aliphatic rings. The molecule has 0 unspecified atom stereocenters. The van der Waals surface area contributed by atoms with Gasteiger partial charge >= 0.3 is 5.97 Å². The fourth-order valence-corrected chi connectivity index (χ4v) is 4.10. The van der Waals surface area contributed by atoms with Crippen LogP contribution in [0.1, 0.15) is 33.3 Å². The van der Waals surface area contributed by atoms with Crippen molar-refractivity contribution >= 4 is 17.7 Å². The van der Waals surface area contributed by atoms with Crippen LogP contribution in [0.3, 0.4) is 0 Å². The van der Waals surface area contributed by atoms with Gasteiger partial charge in [0, 0.05) is 5.69 Å². The minimum atomic E-state index is -0.411. The van der Waals surface area contributed by atoms with Crippen molar-refractivity contribution < 1.29 is 18.7 Å². The van der Waals surface area contributed by atoms with E-state index in [-0.39, 0.29) is 6.61 Å². The van der Waals surface area contributed by atoms with Gasteiger partial charge in [0.05, 0.1) is 12.9 Å². The second kappa shape index (κ2) is 9.74. The van der Waals surface area contributed by atoms with Crippen molar-refractivity contribution in [2.24, 2.45) is 0 Å². The first-order valence-electron chi connectivity index (χ1n) is 10.1. The number of esters is 1. The fraction of sp³-hybridized carbons (Fsp3) is 0.208. The maximum Gasteiger partial charge on any atom is 0.341 e. The van der Waals surface area contributed by atoms with Crippen molar-refractivity contribution in [3.63, 3.8) is 0 Å². The van der Waals surface area contributed by atoms with Crippen molar-refractivity contribution in [2.75, 3.05) is 7.11 Å². The predicted molar refractivity (Wildman–Crippen MR) is 121 cm³/mol. The number of aromatic nitrogens is 3. The largest absolute Gasteiger partial charge is 0.485 e. The van der Waals surface area contributed by atoms with E-state index in [4.69, 9.17) is 13.9 Å². The summed E-state index contributed by atoms with van der Waals surface area (Å²) in [6.07, 6.45) is 0. The third kappa shape index (κ3) is 4.70. The molecule has 0 N–H and O–H groups in total. The number of methoxy groups -OCH3 is 1. The van der Waals surface area contributed by atoms with Crippen molar-refractivity contribution in [2.45, 2.75) is 31.4 Å². The van der Waals surface area contributed by atoms with Crippen LogP contribution < -0.4 is 4.74 Å². The van der Waals surface area contributed by atoms with E-state index < -0.39 is 5.97 Å². The van der Waals surface area contributed by atoms with Crippen LogP contribution >= 0.6 is 11.8 Å². The second-order valence-corrected chi connectivity index (χ2v) is 8.03. The summed E-state index contributed by atoms with van der Waals surface area (Å²) >= 11 is 1.47. The monoisotopic (exact) mass is 449 g/mol. The van der Waals surface area contributed by atoms with Gasteiger partial charge < -0.3 is 13.9 Å². The first-order chi connectivity index (χ1) is 15.6. The van der Waals surface area contributed by atoms with Crippen molar-refractivity contribution in [1.82, 2.24) is 14.8 Å². The Bertz CT molecular complexity index is 1220. The molecule has 4 aromatic rings. The number of furan rings is 1. The lowest BCUT2D eigenvalue weighted by atomic mass is 10.2. The Balaban J connectivity index is 1.57. The summed E-state index contributed by atoms with van der Waals surface area (Å²) in [6, 6.07) is 19.5. The van der Waals surface area contributed by atoms with E-state index in [0.29, 0.717) is 33.8 Å². The summed E-state index contributed by atoms with van der Waals surface area (Å²) in [4.78, 5) is 11.8. The highest BCUT2D eigenvalue weighted by Crippen LogP contribution is 2.28. The van der Waals surface area contributed by atoms with Crippen molar-refractivity contribution in [3.05, 3.63) is 89.1 Å². The molecular formula is C24H23N3O4S. The van der Waals surface area contributed by atoms with Gasteiger partial charge in [-0.05, 0) is 43.7 Å². The predicted octanol–water partition coefficient (Wildman–Crippen LogP) is 5.14. The normalized spacial score (nSPS) is 10.8. The molecule has 2 aromatic heterocycles. The average molecular weight is 450 g/mol. The van der Waals surface area contributed by atoms with E-state index in [1.165, 1.54) is 18.9 Å². The van der Waals surface area contributed by atoms with Crippen LogP contribution in [-0.4, -0.2) is 27.8 Å². The summed E-state index contributed by atoms with van der Waals surface area (Å²) in [5.74, 6) is 2.77. The van der Waals surface area contributed by atoms with E-state index >= 15 is 0 Å². The third-order valence-electron chi connectivity index (χ3n) is 4.88. The van der Waals surface area contributed by atoms with Gasteiger partial charge in [-0.25, -0.2) is 4.79 Å². The fourth-order valence-electron chi connectivity index (χ4n) is 3.25. The SMILES string of the molecule is COC(=O)c1cc(CSc2nnc(COc3ccccc3C)n2-c2ccccc2)oc1C. The first kappa shape index (κ1) is 21.7. The maximum atomic E-state index is 11.8. The number of nitrogens with zero attached hydrogens (tertiary/aromatic N) is 3. The number of thioether (sulfide) groups is 1. The Kier molecular flexibility index (Phi) is 6.61. The lowest BCUT2D eigenvalue weighted by Crippen LogP contribution is -2.07. The zero-order chi connectivity index (χ0) is 22.5. The van der Waals surface area contributed by atoms with Crippen LogP contribution in [0.15, 0.2) is 70.2 Å². The van der Waals surface area contributed by atoms with E-state index in [1.807, 2.05) is 66.1 Å². The number of para-hydroxylation sites is 2. The van der Waals surface area contributed by atoms with Crippen LogP contribution in [-0.2, 0) is 17.1 Å². The highest BCUT2D eigenvalue weighted by molar-refractivity contribution is 7.98. The first-order valence-corrected chi connectivity index (χ1v) is 11.0. The molecule has 0 saturated carbocycles. The van der Waals surface area contributed by atoms with Crippen molar-refractivity contribution in [3.8, 4) is 11.4 Å². The Hall–Kier alpha value is -3.52. The van der Waals surface area contributed by atoms with Gasteiger partial charge in [-0.2, -0.15) is 0 Å². The van der Waals surface area contributed by atoms with Crippen LogP contribution in [0.5, 0.6) is 5.75 Å². The smallest absolute Gasteiger partial charge is 0.341 e. The summed E-state index contributed by atoms with van der Waals surface area (Å²) in [7, 11) is 1.35. The van der Waals surface area contributed by atoms with Crippen LogP contribution in [0.25, 0.3) is 5.69 Å². The highest BCUT2D eigenvalue weighted by Gasteiger charge is 2.19. The van der Waals surface area contributed by atoms with Gasteiger partial charge in [0.2, 0.25) is 0 Å². The molecule has 0 fully saturated rings. The van der Waals surface area contributed by atoms with Gasteiger partial charge in [-0.15, -0.1) is 10.2 Å². The minimum absolute atomic E-state index is 0.277. The maximum absolute atomic E-state index is 11.8. The molecule has 164 valence electrons. The number of hydrogen-bond donors (Lipinski definition) is 0. The summed E-state index contributed by atoms with van der Waals surface area (Å²) in [5.41, 5.74) is 2.43. The zero-order valence-corrected chi connectivity index (χ0v) is 18.9. The standard InChI is InChI=1S/C24H23N3O4S/c1-16-9-7-8-12-21(16)30-14-22-25-26-24(27(22)18-10-5-4-6-11-18)32-15-19-13-20(17(2)31-19)23(28)29-3/h4-13H,14-15H2,1-3H3. The Morgan fingerprint density at radius 2 is 1.81 bits per heavy atom. The van der Waals surface area contributed by atoms with Crippen LogP contribution in [0, 0.1) is 13.8 Å². The molecule has 4 rings (SSSR count). The van der Waals surface area contributed by atoms with E-state index in [1.54, 1.807) is 13.0 Å². The number of benzene rings is 2. The molecule has 0 radical (unpaired) electrons. The number of carbonyl (C=O) groups excluding carboxylic acids is 1. The minimum Gasteiger partial charge on any atom is -0.485 e. The summed E-state index contributed by atoms with van der Waals surface area (Å²) in [5, 5.41) is 9.46. The molecule has 32 heavy (non-hydrogen) atoms. The molecule has 0 bridgehead atoms. The average Bonchev–Trinajstić information content (AvgIpc) is 3.40. The molecule has 8 heteroatoms. The Labute approximate surface area is 190 Å². The number of hydrogen-bond acceptors (Lipinski definition) is 7. The number of rotatable bonds is 8. The lowest BCUT2D eigenvalue weighted by molar-refractivity contribution is 0.0599. The lowest BCUT2D eigenvalue weighted by Gasteiger charge is -2.12. The van der Waals surface area contributed by atoms with Gasteiger partial charge in [0.1, 0.15) is 29.4 Å². The zero-order valence-electron chi connectivity index (χ0n) is 18.1. The summed E-state index contributed by atoms with van der Waals surface area (Å²) < 4.78 is 18.5. The van der Waals surface area contributed by atoms with Gasteiger partial charge in [-0.3, -0.25) is 4.57 Å². The molecule has 2 heterocycles. The molecule has 0 saturated heterocycles. The second-order valence-electron chi connectivity index (χ2n) is 7.09. The Morgan fingerprint density at radius 1 is 1.06 bits per heavy atom. The van der Waals surface area contributed by atoms with Crippen LogP contribution in [0.4, 0.5) is 0 Å². The van der Waals surface area contributed by atoms with E-state index in [0.717, 1.165) is 17.0 Å². The van der Waals surface area contributed by atoms with E-state index in [2.05, 4.69) is 10.2 Å².